The van der Waals surface area contributed by atoms with E-state index in [1.54, 1.807) is 0 Å². The molecule has 5 heteroatoms. The van der Waals surface area contributed by atoms with Crippen molar-refractivity contribution in [3.8, 4) is 22.3 Å². The van der Waals surface area contributed by atoms with Gasteiger partial charge in [0.05, 0.1) is 17.6 Å². The Labute approximate surface area is 332 Å². The first-order valence-corrected chi connectivity index (χ1v) is 20.1. The van der Waals surface area contributed by atoms with Crippen LogP contribution in [0.4, 0.5) is 11.4 Å². The van der Waals surface area contributed by atoms with E-state index in [1.165, 1.54) is 73.0 Å². The van der Waals surface area contributed by atoms with E-state index in [1.807, 2.05) is 31.0 Å². The van der Waals surface area contributed by atoms with Gasteiger partial charge in [0.2, 0.25) is 0 Å². The van der Waals surface area contributed by atoms with Crippen molar-refractivity contribution in [3.63, 3.8) is 0 Å². The molecule has 5 unspecified atom stereocenters. The Morgan fingerprint density at radius 1 is 0.614 bits per heavy atom. The van der Waals surface area contributed by atoms with Crippen molar-refractivity contribution in [1.82, 2.24) is 19.5 Å². The van der Waals surface area contributed by atoms with Crippen molar-refractivity contribution in [1.29, 1.82) is 0 Å². The number of anilines is 2. The first-order chi connectivity index (χ1) is 28.2. The van der Waals surface area contributed by atoms with Gasteiger partial charge in [-0.3, -0.25) is 15.0 Å². The zero-order valence-corrected chi connectivity index (χ0v) is 31.4. The second-order valence-corrected chi connectivity index (χ2v) is 16.0. The van der Waals surface area contributed by atoms with Crippen molar-refractivity contribution in [2.24, 2.45) is 11.8 Å². The summed E-state index contributed by atoms with van der Waals surface area (Å²) >= 11 is 0. The van der Waals surface area contributed by atoms with Crippen molar-refractivity contribution < 1.29 is 0 Å². The monoisotopic (exact) mass is 733 g/mol. The molecule has 5 atom stereocenters. The molecule has 5 nitrogen and oxygen atoms in total. The van der Waals surface area contributed by atoms with Gasteiger partial charge >= 0.3 is 0 Å². The number of nitrogens with zero attached hydrogens (tertiary/aromatic N) is 5. The maximum absolute atomic E-state index is 4.73. The van der Waals surface area contributed by atoms with Crippen LogP contribution >= 0.6 is 0 Å². The third kappa shape index (κ3) is 5.33. The van der Waals surface area contributed by atoms with E-state index in [4.69, 9.17) is 4.98 Å². The van der Waals surface area contributed by atoms with Crippen LogP contribution in [0.1, 0.15) is 35.9 Å². The fourth-order valence-corrected chi connectivity index (χ4v) is 9.90. The van der Waals surface area contributed by atoms with E-state index >= 15 is 0 Å². The van der Waals surface area contributed by atoms with Crippen LogP contribution in [0, 0.1) is 11.8 Å². The topological polar surface area (TPSA) is 46.8 Å². The molecule has 1 saturated carbocycles. The fourth-order valence-electron chi connectivity index (χ4n) is 9.90. The number of rotatable bonds is 6. The third-order valence-corrected chi connectivity index (χ3v) is 12.8. The van der Waals surface area contributed by atoms with Crippen LogP contribution in [0.25, 0.3) is 49.6 Å². The van der Waals surface area contributed by atoms with Gasteiger partial charge < -0.3 is 9.47 Å². The summed E-state index contributed by atoms with van der Waals surface area (Å²) in [5, 5.41) is 2.42. The van der Waals surface area contributed by atoms with Crippen LogP contribution < -0.4 is 4.90 Å². The highest BCUT2D eigenvalue weighted by Crippen LogP contribution is 2.53. The van der Waals surface area contributed by atoms with Gasteiger partial charge in [-0.15, -0.1) is 0 Å². The van der Waals surface area contributed by atoms with E-state index in [0.29, 0.717) is 5.92 Å². The summed E-state index contributed by atoms with van der Waals surface area (Å²) in [7, 11) is 0. The number of fused-ring (bicyclic) bond motifs is 7. The van der Waals surface area contributed by atoms with E-state index in [9.17, 15) is 0 Å². The van der Waals surface area contributed by atoms with Crippen LogP contribution in [0.5, 0.6) is 0 Å². The Kier molecular flexibility index (Phi) is 7.31. The van der Waals surface area contributed by atoms with Gasteiger partial charge in [0, 0.05) is 87.5 Å². The Morgan fingerprint density at radius 3 is 2.32 bits per heavy atom. The van der Waals surface area contributed by atoms with E-state index < -0.39 is 0 Å². The third-order valence-electron chi connectivity index (χ3n) is 12.8. The molecule has 1 aliphatic heterocycles. The lowest BCUT2D eigenvalue weighted by molar-refractivity contribution is 0.649. The average Bonchev–Trinajstić information content (AvgIpc) is 3.92. The number of pyridine rings is 3. The lowest BCUT2D eigenvalue weighted by Crippen LogP contribution is -2.29. The number of aromatic nitrogens is 4. The van der Waals surface area contributed by atoms with E-state index in [-0.39, 0.29) is 18.0 Å². The first kappa shape index (κ1) is 32.4. The van der Waals surface area contributed by atoms with Gasteiger partial charge in [0.25, 0.3) is 0 Å². The van der Waals surface area contributed by atoms with Crippen LogP contribution in [0.15, 0.2) is 194 Å². The molecule has 12 rings (SSSR count). The summed E-state index contributed by atoms with van der Waals surface area (Å²) in [5.74, 6) is 1.69. The highest BCUT2D eigenvalue weighted by molar-refractivity contribution is 6.09. The van der Waals surface area contributed by atoms with Crippen molar-refractivity contribution in [2.45, 2.75) is 30.8 Å². The minimum absolute atomic E-state index is 0.196. The normalized spacial score (nSPS) is 22.8. The zero-order chi connectivity index (χ0) is 37.5. The van der Waals surface area contributed by atoms with Gasteiger partial charge in [-0.25, -0.2) is 0 Å². The summed E-state index contributed by atoms with van der Waals surface area (Å²) in [6, 6.07) is 33.5. The molecule has 272 valence electrons. The van der Waals surface area contributed by atoms with Gasteiger partial charge in [-0.1, -0.05) is 103 Å². The first-order valence-electron chi connectivity index (χ1n) is 20.1. The SMILES string of the molecule is C1=CC2CC2C(C2=CC3c4cnccc4N(c4ccc(-c5cncc(C6=CCC(n7c8ccncc8c8cc(-c9ccccc9)ccc87)C=C6)c5)cc4)C3C=C2)=C1. The minimum Gasteiger partial charge on any atom is -0.333 e. The van der Waals surface area contributed by atoms with Crippen LogP contribution in [0.3, 0.4) is 0 Å². The minimum atomic E-state index is 0.196. The molecule has 57 heavy (non-hydrogen) atoms. The van der Waals surface area contributed by atoms with Gasteiger partial charge in [0.1, 0.15) is 0 Å². The zero-order valence-electron chi connectivity index (χ0n) is 31.4. The van der Waals surface area contributed by atoms with Crippen LogP contribution in [0.2, 0.25) is 0 Å². The summed E-state index contributed by atoms with van der Waals surface area (Å²) in [6.45, 7) is 0. The molecule has 0 bridgehead atoms. The van der Waals surface area contributed by atoms with Gasteiger partial charge in [-0.05, 0) is 101 Å². The lowest BCUT2D eigenvalue weighted by Gasteiger charge is -2.30. The molecule has 5 aliphatic rings. The quantitative estimate of drug-likeness (QED) is 0.171. The molecule has 7 aromatic rings. The molecule has 0 spiro atoms. The van der Waals surface area contributed by atoms with E-state index in [0.717, 1.165) is 29.0 Å². The smallest absolute Gasteiger partial charge is 0.0630 e. The lowest BCUT2D eigenvalue weighted by atomic mass is 9.84. The van der Waals surface area contributed by atoms with Crippen LogP contribution in [-0.2, 0) is 0 Å². The van der Waals surface area contributed by atoms with E-state index in [2.05, 4.69) is 171 Å². The molecule has 0 saturated heterocycles. The number of benzene rings is 3. The predicted molar refractivity (Wildman–Crippen MR) is 232 cm³/mol. The molecule has 0 N–H and O–H groups in total. The molecule has 1 fully saturated rings. The molecule has 3 aromatic carbocycles. The predicted octanol–water partition coefficient (Wildman–Crippen LogP) is 12.1. The average molecular weight is 734 g/mol. The second kappa shape index (κ2) is 12.9. The molecule has 0 amide bonds. The summed E-state index contributed by atoms with van der Waals surface area (Å²) in [6.07, 6.45) is 35.2. The van der Waals surface area contributed by atoms with Crippen LogP contribution in [-0.4, -0.2) is 25.6 Å². The summed E-state index contributed by atoms with van der Waals surface area (Å²) < 4.78 is 2.48. The Hall–Kier alpha value is -6.85. The van der Waals surface area contributed by atoms with Crippen molar-refractivity contribution in [3.05, 3.63) is 205 Å². The van der Waals surface area contributed by atoms with Crippen molar-refractivity contribution in [2.75, 3.05) is 4.90 Å². The number of hydrogen-bond donors (Lipinski definition) is 0. The molecular weight excluding hydrogens is 695 g/mol. The van der Waals surface area contributed by atoms with Gasteiger partial charge in [-0.2, -0.15) is 0 Å². The van der Waals surface area contributed by atoms with Crippen molar-refractivity contribution >= 4 is 38.8 Å². The summed E-state index contributed by atoms with van der Waals surface area (Å²) in [5.41, 5.74) is 16.1. The Bertz CT molecular complexity index is 2940. The van der Waals surface area contributed by atoms with Gasteiger partial charge in [0.15, 0.2) is 0 Å². The Balaban J connectivity index is 0.804. The molecule has 4 aromatic heterocycles. The molecule has 5 heterocycles. The Morgan fingerprint density at radius 2 is 1.42 bits per heavy atom. The standard InChI is InChI=1S/C52H39N5/c1-2-5-33(6-3-1)36-13-19-49-45(26-36)47-31-53-23-21-51(47)56(49)41-15-9-34(10-16-41)39-25-40(30-55-29-39)35-11-17-42(18-12-35)57-50-20-14-38(43-8-4-7-37-27-44(37)43)28-46(50)48-32-54-24-22-52(48)57/h1-15,17-26,28-32,37,41,44,46,50H,16,27H2. The highest BCUT2D eigenvalue weighted by atomic mass is 15.2. The maximum atomic E-state index is 4.73. The second-order valence-electron chi connectivity index (χ2n) is 16.0. The molecule has 0 radical (unpaired) electrons. The number of hydrogen-bond acceptors (Lipinski definition) is 4. The fraction of sp³-hybridized carbons (Fsp3) is 0.135. The summed E-state index contributed by atoms with van der Waals surface area (Å²) in [4.78, 5) is 16.3. The molecular formula is C52H39N5. The number of allylic oxidation sites excluding steroid dienone is 10. The molecule has 4 aliphatic carbocycles. The maximum Gasteiger partial charge on any atom is 0.0630 e. The highest BCUT2D eigenvalue weighted by Gasteiger charge is 2.43. The largest absolute Gasteiger partial charge is 0.333 e.